The van der Waals surface area contributed by atoms with Crippen molar-refractivity contribution in [1.29, 1.82) is 0 Å². The average Bonchev–Trinajstić information content (AvgIpc) is 1.96. The summed E-state index contributed by atoms with van der Waals surface area (Å²) >= 11 is 0. The van der Waals surface area contributed by atoms with E-state index >= 15 is 0 Å². The minimum Gasteiger partial charge on any atom is -0.354 e. The van der Waals surface area contributed by atoms with Gasteiger partial charge in [-0.15, -0.1) is 0 Å². The molecule has 0 heterocycles. The van der Waals surface area contributed by atoms with Crippen LogP contribution in [0.2, 0.25) is 0 Å². The molecule has 0 bridgehead atoms. The molecule has 2 N–H and O–H groups in total. The topological polar surface area (TPSA) is 41.1 Å². The van der Waals surface area contributed by atoms with E-state index in [4.69, 9.17) is 0 Å². The van der Waals surface area contributed by atoms with E-state index in [9.17, 15) is 4.79 Å². The fourth-order valence-corrected chi connectivity index (χ4v) is 0.706. The Morgan fingerprint density at radius 1 is 1.25 bits per heavy atom. The van der Waals surface area contributed by atoms with Crippen LogP contribution >= 0.6 is 0 Å². The van der Waals surface area contributed by atoms with Crippen LogP contribution in [0.4, 0.5) is 0 Å². The van der Waals surface area contributed by atoms with E-state index in [1.165, 1.54) is 0 Å². The first-order chi connectivity index (χ1) is 5.48. The van der Waals surface area contributed by atoms with Gasteiger partial charge in [0.05, 0.1) is 0 Å². The van der Waals surface area contributed by atoms with Gasteiger partial charge in [-0.3, -0.25) is 4.79 Å². The predicted molar refractivity (Wildman–Crippen MR) is 51.0 cm³/mol. The summed E-state index contributed by atoms with van der Waals surface area (Å²) in [5.74, 6) is 0.111. The van der Waals surface area contributed by atoms with Gasteiger partial charge >= 0.3 is 0 Å². The van der Waals surface area contributed by atoms with Crippen LogP contribution in [0.1, 0.15) is 27.7 Å². The summed E-state index contributed by atoms with van der Waals surface area (Å²) in [6.07, 6.45) is 0. The van der Waals surface area contributed by atoms with Crippen LogP contribution in [0.25, 0.3) is 0 Å². The maximum Gasteiger partial charge on any atom is 0.225 e. The van der Waals surface area contributed by atoms with Gasteiger partial charge in [-0.1, -0.05) is 27.7 Å². The van der Waals surface area contributed by atoms with E-state index in [1.807, 2.05) is 27.7 Å². The van der Waals surface area contributed by atoms with Crippen molar-refractivity contribution in [3.63, 3.8) is 0 Å². The minimum atomic E-state index is -0.272. The molecular formula is C9H20N2O. The van der Waals surface area contributed by atoms with Crippen LogP contribution in [-0.2, 0) is 4.79 Å². The van der Waals surface area contributed by atoms with Crippen molar-refractivity contribution in [2.24, 2.45) is 5.41 Å². The fourth-order valence-electron chi connectivity index (χ4n) is 0.706. The first-order valence-corrected chi connectivity index (χ1v) is 4.47. The molecule has 0 saturated carbocycles. The van der Waals surface area contributed by atoms with Gasteiger partial charge in [0.2, 0.25) is 5.91 Å². The first-order valence-electron chi connectivity index (χ1n) is 4.47. The van der Waals surface area contributed by atoms with Crippen LogP contribution in [-0.4, -0.2) is 25.5 Å². The van der Waals surface area contributed by atoms with Gasteiger partial charge in [0, 0.05) is 18.5 Å². The number of likely N-dealkylation sites (N-methyl/N-ethyl adjacent to an activating group) is 1. The molecule has 0 aliphatic rings. The van der Waals surface area contributed by atoms with Crippen molar-refractivity contribution in [2.45, 2.75) is 27.7 Å². The Morgan fingerprint density at radius 3 is 2.25 bits per heavy atom. The highest BCUT2D eigenvalue weighted by atomic mass is 16.2. The minimum absolute atomic E-state index is 0.111. The number of nitrogens with one attached hydrogen (secondary N) is 2. The predicted octanol–water partition coefficient (Wildman–Crippen LogP) is 0.758. The average molecular weight is 172 g/mol. The molecule has 0 aliphatic heterocycles. The second-order valence-corrected chi connectivity index (χ2v) is 3.86. The molecule has 3 heteroatoms. The summed E-state index contributed by atoms with van der Waals surface area (Å²) in [6.45, 7) is 10.3. The van der Waals surface area contributed by atoms with E-state index in [-0.39, 0.29) is 11.3 Å². The molecule has 0 atom stereocenters. The zero-order valence-electron chi connectivity index (χ0n) is 8.53. The Labute approximate surface area is 74.9 Å². The van der Waals surface area contributed by atoms with Gasteiger partial charge in [0.1, 0.15) is 0 Å². The normalized spacial score (nSPS) is 11.3. The van der Waals surface area contributed by atoms with Crippen molar-refractivity contribution in [2.75, 3.05) is 19.6 Å². The van der Waals surface area contributed by atoms with E-state index in [2.05, 4.69) is 10.6 Å². The molecule has 0 aromatic rings. The van der Waals surface area contributed by atoms with Crippen molar-refractivity contribution >= 4 is 5.91 Å². The van der Waals surface area contributed by atoms with Crippen LogP contribution in [0.5, 0.6) is 0 Å². The third-order valence-corrected chi connectivity index (χ3v) is 1.52. The molecule has 0 aliphatic carbocycles. The van der Waals surface area contributed by atoms with E-state index in [0.717, 1.165) is 13.1 Å². The highest BCUT2D eigenvalue weighted by Crippen LogP contribution is 2.11. The molecular weight excluding hydrogens is 152 g/mol. The highest BCUT2D eigenvalue weighted by Gasteiger charge is 2.19. The second-order valence-electron chi connectivity index (χ2n) is 3.86. The molecule has 0 spiro atoms. The standard InChI is InChI=1S/C9H20N2O/c1-5-10-6-7-11-8(12)9(2,3)4/h10H,5-7H2,1-4H3,(H,11,12). The molecule has 12 heavy (non-hydrogen) atoms. The lowest BCUT2D eigenvalue weighted by Crippen LogP contribution is -2.38. The Morgan fingerprint density at radius 2 is 1.83 bits per heavy atom. The van der Waals surface area contributed by atoms with Crippen LogP contribution in [0, 0.1) is 5.41 Å². The van der Waals surface area contributed by atoms with E-state index < -0.39 is 0 Å². The first kappa shape index (κ1) is 11.4. The highest BCUT2D eigenvalue weighted by molar-refractivity contribution is 5.81. The third kappa shape index (κ3) is 5.13. The smallest absolute Gasteiger partial charge is 0.225 e. The molecule has 72 valence electrons. The van der Waals surface area contributed by atoms with Crippen molar-refractivity contribution in [3.8, 4) is 0 Å². The number of hydrogen-bond acceptors (Lipinski definition) is 2. The summed E-state index contributed by atoms with van der Waals surface area (Å²) in [5.41, 5.74) is -0.272. The largest absolute Gasteiger partial charge is 0.354 e. The quantitative estimate of drug-likeness (QED) is 0.615. The summed E-state index contributed by atoms with van der Waals surface area (Å²) in [4.78, 5) is 11.3. The third-order valence-electron chi connectivity index (χ3n) is 1.52. The number of hydrogen-bond donors (Lipinski definition) is 2. The Balaban J connectivity index is 3.45. The molecule has 0 fully saturated rings. The van der Waals surface area contributed by atoms with Crippen LogP contribution in [0.3, 0.4) is 0 Å². The van der Waals surface area contributed by atoms with Crippen molar-refractivity contribution < 1.29 is 4.79 Å². The number of carbonyl (C=O) groups is 1. The van der Waals surface area contributed by atoms with E-state index in [0.29, 0.717) is 6.54 Å². The molecule has 0 aromatic heterocycles. The molecule has 0 aromatic carbocycles. The van der Waals surface area contributed by atoms with Crippen molar-refractivity contribution in [3.05, 3.63) is 0 Å². The van der Waals surface area contributed by atoms with Crippen LogP contribution in [0.15, 0.2) is 0 Å². The van der Waals surface area contributed by atoms with Gasteiger partial charge < -0.3 is 10.6 Å². The second kappa shape index (κ2) is 5.14. The summed E-state index contributed by atoms with van der Waals surface area (Å²) in [5, 5.41) is 6.00. The summed E-state index contributed by atoms with van der Waals surface area (Å²) < 4.78 is 0. The summed E-state index contributed by atoms with van der Waals surface area (Å²) in [7, 11) is 0. The number of carbonyl (C=O) groups excluding carboxylic acids is 1. The van der Waals surface area contributed by atoms with Crippen molar-refractivity contribution in [1.82, 2.24) is 10.6 Å². The molecule has 3 nitrogen and oxygen atoms in total. The van der Waals surface area contributed by atoms with E-state index in [1.54, 1.807) is 0 Å². The van der Waals surface area contributed by atoms with Gasteiger partial charge in [0.25, 0.3) is 0 Å². The lowest BCUT2D eigenvalue weighted by atomic mass is 9.96. The van der Waals surface area contributed by atoms with Gasteiger partial charge in [0.15, 0.2) is 0 Å². The SMILES string of the molecule is CCNCCNC(=O)C(C)(C)C. The fraction of sp³-hybridized carbons (Fsp3) is 0.889. The molecule has 0 unspecified atom stereocenters. The molecule has 0 saturated heterocycles. The zero-order valence-corrected chi connectivity index (χ0v) is 8.53. The molecule has 0 radical (unpaired) electrons. The maximum atomic E-state index is 11.3. The van der Waals surface area contributed by atoms with Crippen LogP contribution < -0.4 is 10.6 Å². The lowest BCUT2D eigenvalue weighted by Gasteiger charge is -2.17. The number of amides is 1. The zero-order chi connectivity index (χ0) is 9.61. The maximum absolute atomic E-state index is 11.3. The monoisotopic (exact) mass is 172 g/mol. The van der Waals surface area contributed by atoms with Gasteiger partial charge in [-0.25, -0.2) is 0 Å². The van der Waals surface area contributed by atoms with Gasteiger partial charge in [-0.05, 0) is 6.54 Å². The molecule has 0 rings (SSSR count). The van der Waals surface area contributed by atoms with Gasteiger partial charge in [-0.2, -0.15) is 0 Å². The Bertz CT molecular complexity index is 138. The number of rotatable bonds is 4. The Hall–Kier alpha value is -0.570. The molecule has 1 amide bonds. The Kier molecular flexibility index (Phi) is 4.90. The lowest BCUT2D eigenvalue weighted by molar-refractivity contribution is -0.128. The summed E-state index contributed by atoms with van der Waals surface area (Å²) in [6, 6.07) is 0.